The van der Waals surface area contributed by atoms with E-state index in [1.54, 1.807) is 36.6 Å². The summed E-state index contributed by atoms with van der Waals surface area (Å²) in [6, 6.07) is 7.75. The number of thiol groups is 2. The Morgan fingerprint density at radius 2 is 0.806 bits per heavy atom. The molecule has 20 N–H and O–H groups in total. The highest BCUT2D eigenvalue weighted by molar-refractivity contribution is 7.99. The van der Waals surface area contributed by atoms with Crippen LogP contribution in [0.2, 0.25) is 0 Å². The van der Waals surface area contributed by atoms with Crippen molar-refractivity contribution < 1.29 is 129 Å². The van der Waals surface area contributed by atoms with Crippen molar-refractivity contribution in [1.82, 2.24) is 74.4 Å². The highest BCUT2D eigenvalue weighted by atomic mass is 32.2. The molecule has 0 heterocycles. The van der Waals surface area contributed by atoms with Crippen molar-refractivity contribution in [3.63, 3.8) is 0 Å². The van der Waals surface area contributed by atoms with Gasteiger partial charge in [-0.15, -0.1) is 0 Å². The van der Waals surface area contributed by atoms with Crippen LogP contribution in [0.25, 0.3) is 0 Å². The molecule has 48 heteroatoms. The number of ether oxygens (including phenoxy) is 10. The Bertz CT molecular complexity index is 3540. The summed E-state index contributed by atoms with van der Waals surface area (Å²) in [6.07, 6.45) is 2.58. The monoisotopic (exact) mass is 1810 g/mol. The molecule has 0 aliphatic rings. The number of hydrogen-bond acceptors (Lipinski definition) is 31. The third kappa shape index (κ3) is 58.1. The first-order valence-electron chi connectivity index (χ1n) is 39.8. The van der Waals surface area contributed by atoms with Gasteiger partial charge in [0.15, 0.2) is 12.6 Å². The molecular weight excluding hydrogens is 1690 g/mol. The lowest BCUT2D eigenvalue weighted by Crippen LogP contribution is -2.59. The molecule has 0 radical (unpaired) electrons. The highest BCUT2D eigenvalue weighted by Gasteiger charge is 2.34. The maximum absolute atomic E-state index is 13.9. The van der Waals surface area contributed by atoms with Gasteiger partial charge in [0.25, 0.3) is 5.91 Å². The Labute approximate surface area is 734 Å². The van der Waals surface area contributed by atoms with Crippen LogP contribution in [0.5, 0.6) is 0 Å². The number of rotatable bonds is 75. The predicted molar refractivity (Wildman–Crippen MR) is 456 cm³/mol. The van der Waals surface area contributed by atoms with Crippen LogP contribution >= 0.6 is 37.0 Å². The van der Waals surface area contributed by atoms with Crippen LogP contribution in [0.4, 0.5) is 0 Å². The predicted octanol–water partition coefficient (Wildman–Crippen LogP) is -6.83. The van der Waals surface area contributed by atoms with Gasteiger partial charge < -0.3 is 143 Å². The Morgan fingerprint density at radius 3 is 1.28 bits per heavy atom. The number of nitrogens with two attached hydrogens (primary N) is 2. The first-order chi connectivity index (χ1) is 59.7. The second kappa shape index (κ2) is 71.2. The number of nitrogens with zero attached hydrogens (tertiary/aromatic N) is 1. The molecule has 2 rings (SSSR count). The quantitative estimate of drug-likeness (QED) is 0.00962. The van der Waals surface area contributed by atoms with Gasteiger partial charge in [0.1, 0.15) is 68.7 Å². The first kappa shape index (κ1) is 110. The standard InChI is InChI=1S/C76H122N18O27S3/c1-52(69(104)84-23-27-114-31-35-115-32-28-111-24-20-81-64(98)45-119-44-61(77)95)88-72(107)57(40-53-12-5-3-6-13-53)92-75(110)60(50-123)94-73(108)58(41-68(102)103)90-62(96)43-86-70(105)55(17-11-19-85-76(78)79)91-74(109)59(49-122)93-71(106)56(89-67(101)51-124-2)16-9-10-18-80-63(97)46-120-47-65(99)82-21-25-112-29-33-116-36-38-118-39-37-117-34-30-113-26-22-83-66(100)48-121-87-42-54-14-7-4-8-15-54/h3-8,12-15,42,52,55-60,122-123H,9-11,16-41,43-51H2,1-2H3,(H2,77,95)(H,80,97)(H,81,98)(H,82,99)(H,83,100)(H,84,104)(H,86,105)(H,88,107)(H,89,101)(H,90,96)(H,91,109)(H,92,110)(H,93,106)(H,94,108)(H,102,103)(H4,78,79,85)/b87-42+/t52-,55-,56-,57-,58-,59-,60-/m0/s1. The van der Waals surface area contributed by atoms with Gasteiger partial charge in [-0.05, 0) is 56.4 Å². The van der Waals surface area contributed by atoms with E-state index in [-0.39, 0.29) is 155 Å². The third-order valence-electron chi connectivity index (χ3n) is 16.2. The Balaban J connectivity index is 1.81. The van der Waals surface area contributed by atoms with E-state index in [1.165, 1.54) is 24.9 Å². The number of oxime groups is 1. The molecule has 0 aromatic heterocycles. The summed E-state index contributed by atoms with van der Waals surface area (Å²) in [7, 11) is 0. The number of primary amides is 1. The molecule has 0 saturated carbocycles. The second-order valence-electron chi connectivity index (χ2n) is 26.5. The smallest absolute Gasteiger partial charge is 0.305 e. The molecule has 14 amide bonds. The second-order valence-corrected chi connectivity index (χ2v) is 28.1. The van der Waals surface area contributed by atoms with Gasteiger partial charge in [-0.2, -0.15) is 37.0 Å². The fourth-order valence-electron chi connectivity index (χ4n) is 10.1. The number of unbranched alkanes of at least 4 members (excludes halogenated alkanes) is 1. The average Bonchev–Trinajstić information content (AvgIpc) is 0.869. The summed E-state index contributed by atoms with van der Waals surface area (Å²) < 4.78 is 53.7. The number of benzene rings is 2. The fourth-order valence-corrected chi connectivity index (χ4v) is 11.0. The molecule has 0 saturated heterocycles. The largest absolute Gasteiger partial charge is 0.481 e. The number of carbonyl (C=O) groups is 15. The minimum Gasteiger partial charge on any atom is -0.481 e. The van der Waals surface area contributed by atoms with Crippen LogP contribution in [-0.4, -0.2) is 356 Å². The number of carboxylic acids is 1. The maximum Gasteiger partial charge on any atom is 0.305 e. The zero-order valence-electron chi connectivity index (χ0n) is 69.7. The van der Waals surface area contributed by atoms with Crippen LogP contribution in [-0.2, 0) is 131 Å². The summed E-state index contributed by atoms with van der Waals surface area (Å²) in [5.41, 5.74) is 11.8. The van der Waals surface area contributed by atoms with E-state index in [0.717, 1.165) is 5.56 Å². The zero-order chi connectivity index (χ0) is 91.2. The van der Waals surface area contributed by atoms with E-state index in [4.69, 9.17) is 69.1 Å². The van der Waals surface area contributed by atoms with Crippen molar-refractivity contribution in [2.75, 3.05) is 208 Å². The summed E-state index contributed by atoms with van der Waals surface area (Å²) in [4.78, 5) is 198. The van der Waals surface area contributed by atoms with Crippen molar-refractivity contribution in [2.24, 2.45) is 16.6 Å². The van der Waals surface area contributed by atoms with Gasteiger partial charge in [-0.25, -0.2) is 0 Å². The van der Waals surface area contributed by atoms with E-state index in [2.05, 4.69) is 105 Å². The molecule has 7 atom stereocenters. The van der Waals surface area contributed by atoms with Crippen molar-refractivity contribution in [3.05, 3.63) is 71.8 Å². The fraction of sp³-hybridized carbons (Fsp3) is 0.618. The lowest BCUT2D eigenvalue weighted by molar-refractivity contribution is -0.141. The van der Waals surface area contributed by atoms with Crippen LogP contribution < -0.4 is 85.9 Å². The summed E-state index contributed by atoms with van der Waals surface area (Å²) in [5.74, 6) is -13.1. The summed E-state index contributed by atoms with van der Waals surface area (Å²) in [5, 5.41) is 56.4. The highest BCUT2D eigenvalue weighted by Crippen LogP contribution is 2.09. The number of nitrogens with one attached hydrogen (secondary N) is 15. The van der Waals surface area contributed by atoms with Gasteiger partial charge in [-0.3, -0.25) is 77.3 Å². The van der Waals surface area contributed by atoms with Crippen molar-refractivity contribution in [3.8, 4) is 0 Å². The average molecular weight is 1820 g/mol. The number of carboxylic acid groups (broad SMARTS) is 1. The zero-order valence-corrected chi connectivity index (χ0v) is 72.3. The Kier molecular flexibility index (Phi) is 63.1. The number of guanidine groups is 1. The molecule has 0 unspecified atom stereocenters. The molecule has 124 heavy (non-hydrogen) atoms. The SMILES string of the molecule is CSCC(=O)N[C@@H](CCCCNC(=O)COCC(=O)NCCOCCOCCOCCOCCOCCNC(=O)CO/N=C/c1ccccc1)C(=O)N[C@@H](CS)C(=O)N[C@@H](CCCNC(=N)N)C(=O)NCC(=O)N[C@@H](CC(=O)O)C(=O)N[C@@H](CS)C(=O)N[C@@H](Cc1ccccc1)C(=O)N[C@@H](C)C(=O)NCCOCCOCCOCCNC(=O)COCC(N)=O. The van der Waals surface area contributed by atoms with E-state index in [9.17, 15) is 77.0 Å². The molecular formula is C76H122N18O27S3. The van der Waals surface area contributed by atoms with E-state index >= 15 is 0 Å². The van der Waals surface area contributed by atoms with Crippen LogP contribution in [0.1, 0.15) is 56.6 Å². The van der Waals surface area contributed by atoms with Crippen molar-refractivity contribution in [1.29, 1.82) is 5.41 Å². The molecule has 0 aliphatic heterocycles. The Hall–Kier alpha value is -10.1. The minimum atomic E-state index is -1.88. The number of thioether (sulfide) groups is 1. The van der Waals surface area contributed by atoms with Gasteiger partial charge in [-0.1, -0.05) is 65.8 Å². The normalized spacial score (nSPS) is 12.7. The van der Waals surface area contributed by atoms with Crippen LogP contribution in [0.15, 0.2) is 65.8 Å². The molecule has 0 aliphatic carbocycles. The van der Waals surface area contributed by atoms with Gasteiger partial charge in [0.05, 0.1) is 131 Å². The number of carbonyl (C=O) groups excluding carboxylic acids is 14. The number of amides is 14. The van der Waals surface area contributed by atoms with E-state index in [1.807, 2.05) is 30.3 Å². The van der Waals surface area contributed by atoms with Gasteiger partial charge >= 0.3 is 5.97 Å². The van der Waals surface area contributed by atoms with Gasteiger partial charge in [0.2, 0.25) is 76.8 Å². The lowest BCUT2D eigenvalue weighted by Gasteiger charge is -2.25. The molecule has 0 bridgehead atoms. The molecule has 2 aromatic rings. The van der Waals surface area contributed by atoms with Crippen molar-refractivity contribution in [2.45, 2.75) is 94.2 Å². The van der Waals surface area contributed by atoms with E-state index in [0.29, 0.717) is 71.4 Å². The molecule has 45 nitrogen and oxygen atoms in total. The number of hydrogen-bond donors (Lipinski definition) is 20. The van der Waals surface area contributed by atoms with Crippen LogP contribution in [0.3, 0.4) is 0 Å². The van der Waals surface area contributed by atoms with Crippen LogP contribution in [0, 0.1) is 5.41 Å². The Morgan fingerprint density at radius 1 is 0.411 bits per heavy atom. The molecule has 2 aromatic carbocycles. The third-order valence-corrected chi connectivity index (χ3v) is 17.5. The minimum absolute atomic E-state index is 0.0231. The number of aliphatic carboxylic acids is 1. The maximum atomic E-state index is 13.9. The molecule has 0 fully saturated rings. The van der Waals surface area contributed by atoms with Crippen molar-refractivity contribution >= 4 is 138 Å². The summed E-state index contributed by atoms with van der Waals surface area (Å²) in [6.45, 7) is 3.84. The lowest BCUT2D eigenvalue weighted by atomic mass is 10.0. The molecule has 0 spiro atoms. The molecule has 696 valence electrons. The summed E-state index contributed by atoms with van der Waals surface area (Å²) >= 11 is 9.65. The van der Waals surface area contributed by atoms with E-state index < -0.39 is 163 Å². The topological polar surface area (TPSA) is 634 Å². The first-order valence-corrected chi connectivity index (χ1v) is 42.4. The van der Waals surface area contributed by atoms with Gasteiger partial charge in [0, 0.05) is 57.2 Å².